The SMILES string of the molecule is Cc1cc2sc(F)cc2cc1C(F)F. The van der Waals surface area contributed by atoms with Gasteiger partial charge < -0.3 is 0 Å². The lowest BCUT2D eigenvalue weighted by molar-refractivity contribution is 0.151. The van der Waals surface area contributed by atoms with Gasteiger partial charge in [0.2, 0.25) is 0 Å². The Kier molecular flexibility index (Phi) is 2.23. The lowest BCUT2D eigenvalue weighted by Crippen LogP contribution is -1.88. The zero-order chi connectivity index (χ0) is 10.3. The zero-order valence-corrected chi connectivity index (χ0v) is 8.17. The van der Waals surface area contributed by atoms with Gasteiger partial charge in [-0.05, 0) is 36.1 Å². The van der Waals surface area contributed by atoms with Gasteiger partial charge in [-0.15, -0.1) is 11.3 Å². The first-order valence-corrected chi connectivity index (χ1v) is 4.87. The van der Waals surface area contributed by atoms with E-state index in [0.717, 1.165) is 11.3 Å². The Labute approximate surface area is 83.0 Å². The van der Waals surface area contributed by atoms with E-state index >= 15 is 0 Å². The molecule has 14 heavy (non-hydrogen) atoms. The van der Waals surface area contributed by atoms with Gasteiger partial charge in [-0.3, -0.25) is 0 Å². The first-order chi connectivity index (χ1) is 6.58. The van der Waals surface area contributed by atoms with Gasteiger partial charge in [0, 0.05) is 10.3 Å². The number of aryl methyl sites for hydroxylation is 1. The van der Waals surface area contributed by atoms with Crippen LogP contribution in [0, 0.1) is 12.1 Å². The summed E-state index contributed by atoms with van der Waals surface area (Å²) < 4.78 is 38.5. The second-order valence-electron chi connectivity index (χ2n) is 3.10. The quantitative estimate of drug-likeness (QED) is 0.667. The summed E-state index contributed by atoms with van der Waals surface area (Å²) in [7, 11) is 0. The molecule has 0 nitrogen and oxygen atoms in total. The highest BCUT2D eigenvalue weighted by Crippen LogP contribution is 2.31. The van der Waals surface area contributed by atoms with Gasteiger partial charge in [0.1, 0.15) is 0 Å². The summed E-state index contributed by atoms with van der Waals surface area (Å²) in [5.74, 6) is 0. The number of fused-ring (bicyclic) bond motifs is 1. The molecular weight excluding hydrogens is 209 g/mol. The molecule has 0 bridgehead atoms. The maximum absolute atomic E-state index is 12.8. The molecule has 0 radical (unpaired) electrons. The highest BCUT2D eigenvalue weighted by molar-refractivity contribution is 7.17. The van der Waals surface area contributed by atoms with Crippen LogP contribution in [0.3, 0.4) is 0 Å². The number of hydrogen-bond donors (Lipinski definition) is 0. The summed E-state index contributed by atoms with van der Waals surface area (Å²) in [6.45, 7) is 1.61. The summed E-state index contributed by atoms with van der Waals surface area (Å²) in [5, 5.41) is 0.208. The third-order valence-corrected chi connectivity index (χ3v) is 3.00. The third kappa shape index (κ3) is 1.50. The van der Waals surface area contributed by atoms with Crippen LogP contribution in [0.15, 0.2) is 18.2 Å². The topological polar surface area (TPSA) is 0 Å². The molecule has 0 aliphatic carbocycles. The third-order valence-electron chi connectivity index (χ3n) is 2.11. The van der Waals surface area contributed by atoms with Gasteiger partial charge in [0.15, 0.2) is 5.13 Å². The number of alkyl halides is 2. The Morgan fingerprint density at radius 2 is 1.93 bits per heavy atom. The molecule has 74 valence electrons. The van der Waals surface area contributed by atoms with Crippen molar-refractivity contribution in [3.8, 4) is 0 Å². The Morgan fingerprint density at radius 3 is 2.57 bits per heavy atom. The molecule has 0 aliphatic heterocycles. The molecule has 1 aromatic carbocycles. The minimum absolute atomic E-state index is 0.0182. The van der Waals surface area contributed by atoms with Crippen molar-refractivity contribution in [1.29, 1.82) is 0 Å². The van der Waals surface area contributed by atoms with Crippen LogP contribution in [-0.4, -0.2) is 0 Å². The van der Waals surface area contributed by atoms with E-state index in [0.29, 0.717) is 15.6 Å². The minimum Gasteiger partial charge on any atom is -0.205 e. The zero-order valence-electron chi connectivity index (χ0n) is 7.35. The molecule has 0 saturated heterocycles. The summed E-state index contributed by atoms with van der Waals surface area (Å²) in [6, 6.07) is 4.24. The second-order valence-corrected chi connectivity index (χ2v) is 4.13. The molecule has 0 aliphatic rings. The molecule has 0 saturated carbocycles. The minimum atomic E-state index is -2.50. The summed E-state index contributed by atoms with van der Waals surface area (Å²) >= 11 is 0.975. The van der Waals surface area contributed by atoms with Crippen LogP contribution in [-0.2, 0) is 0 Å². The van der Waals surface area contributed by atoms with E-state index in [4.69, 9.17) is 0 Å². The Balaban J connectivity index is 2.70. The molecule has 0 spiro atoms. The molecule has 2 aromatic rings. The van der Waals surface area contributed by atoms with Crippen LogP contribution in [0.25, 0.3) is 10.1 Å². The summed E-state index contributed by atoms with van der Waals surface area (Å²) in [5.41, 5.74) is 0.490. The molecule has 1 aromatic heterocycles. The molecule has 0 fully saturated rings. The van der Waals surface area contributed by atoms with E-state index < -0.39 is 6.43 Å². The van der Waals surface area contributed by atoms with Crippen molar-refractivity contribution < 1.29 is 13.2 Å². The van der Waals surface area contributed by atoms with Crippen LogP contribution >= 0.6 is 11.3 Å². The smallest absolute Gasteiger partial charge is 0.205 e. The van der Waals surface area contributed by atoms with Gasteiger partial charge in [-0.2, -0.15) is 4.39 Å². The first-order valence-electron chi connectivity index (χ1n) is 4.05. The Bertz CT molecular complexity index is 473. The number of benzene rings is 1. The normalized spacial score (nSPS) is 11.5. The molecule has 4 heteroatoms. The van der Waals surface area contributed by atoms with Gasteiger partial charge in [0.05, 0.1) is 0 Å². The van der Waals surface area contributed by atoms with Gasteiger partial charge >= 0.3 is 0 Å². The summed E-state index contributed by atoms with van der Waals surface area (Å²) in [4.78, 5) is 0. The first kappa shape index (κ1) is 9.52. The van der Waals surface area contributed by atoms with Crippen molar-refractivity contribution in [2.24, 2.45) is 0 Å². The molecular formula is C10H7F3S. The fourth-order valence-electron chi connectivity index (χ4n) is 1.41. The number of rotatable bonds is 1. The number of thiophene rings is 1. The second kappa shape index (κ2) is 3.28. The molecule has 1 heterocycles. The van der Waals surface area contributed by atoms with E-state index in [1.165, 1.54) is 12.1 Å². The van der Waals surface area contributed by atoms with Crippen LogP contribution in [0.4, 0.5) is 13.2 Å². The lowest BCUT2D eigenvalue weighted by Gasteiger charge is -2.03. The largest absolute Gasteiger partial charge is 0.264 e. The van der Waals surface area contributed by atoms with Crippen molar-refractivity contribution in [3.05, 3.63) is 34.5 Å². The van der Waals surface area contributed by atoms with Crippen molar-refractivity contribution >= 4 is 21.4 Å². The number of halogens is 3. The monoisotopic (exact) mass is 216 g/mol. The van der Waals surface area contributed by atoms with Crippen molar-refractivity contribution in [3.63, 3.8) is 0 Å². The van der Waals surface area contributed by atoms with Crippen LogP contribution in [0.5, 0.6) is 0 Å². The van der Waals surface area contributed by atoms with Crippen LogP contribution in [0.1, 0.15) is 17.6 Å². The number of hydrogen-bond acceptors (Lipinski definition) is 1. The van der Waals surface area contributed by atoms with Crippen molar-refractivity contribution in [1.82, 2.24) is 0 Å². The molecule has 0 atom stereocenters. The average Bonchev–Trinajstić information content (AvgIpc) is 2.42. The van der Waals surface area contributed by atoms with Crippen LogP contribution < -0.4 is 0 Å². The predicted octanol–water partition coefficient (Wildman–Crippen LogP) is 4.29. The fourth-order valence-corrected chi connectivity index (χ4v) is 2.28. The van der Waals surface area contributed by atoms with Crippen LogP contribution in [0.2, 0.25) is 0 Å². The lowest BCUT2D eigenvalue weighted by atomic mass is 10.1. The van der Waals surface area contributed by atoms with Crippen molar-refractivity contribution in [2.45, 2.75) is 13.3 Å². The fraction of sp³-hybridized carbons (Fsp3) is 0.200. The molecule has 2 rings (SSSR count). The highest BCUT2D eigenvalue weighted by atomic mass is 32.1. The molecule has 0 unspecified atom stereocenters. The van der Waals surface area contributed by atoms with E-state index in [-0.39, 0.29) is 10.7 Å². The highest BCUT2D eigenvalue weighted by Gasteiger charge is 2.12. The molecule has 0 N–H and O–H groups in total. The van der Waals surface area contributed by atoms with E-state index in [9.17, 15) is 13.2 Å². The average molecular weight is 216 g/mol. The van der Waals surface area contributed by atoms with Gasteiger partial charge in [-0.25, -0.2) is 8.78 Å². The maximum atomic E-state index is 12.8. The van der Waals surface area contributed by atoms with E-state index in [1.807, 2.05) is 0 Å². The summed E-state index contributed by atoms with van der Waals surface area (Å²) in [6.07, 6.45) is -2.50. The van der Waals surface area contributed by atoms with E-state index in [2.05, 4.69) is 0 Å². The van der Waals surface area contributed by atoms with Gasteiger partial charge in [0.25, 0.3) is 6.43 Å². The van der Waals surface area contributed by atoms with E-state index in [1.54, 1.807) is 13.0 Å². The van der Waals surface area contributed by atoms with Crippen molar-refractivity contribution in [2.75, 3.05) is 0 Å². The maximum Gasteiger partial charge on any atom is 0.264 e. The predicted molar refractivity (Wildman–Crippen MR) is 51.5 cm³/mol. The standard InChI is InChI=1S/C10H7F3S/c1-5-2-8-6(4-9(11)14-8)3-7(5)10(12)13/h2-4,10H,1H3. The Hall–Kier alpha value is -1.03. The Morgan fingerprint density at radius 1 is 1.21 bits per heavy atom. The van der Waals surface area contributed by atoms with Gasteiger partial charge in [-0.1, -0.05) is 0 Å². The molecule has 0 amide bonds.